The van der Waals surface area contributed by atoms with Crippen LogP contribution in [0.4, 0.5) is 0 Å². The summed E-state index contributed by atoms with van der Waals surface area (Å²) in [5, 5.41) is 7.55. The number of amides is 1. The van der Waals surface area contributed by atoms with Gasteiger partial charge in [-0.05, 0) is 24.5 Å². The summed E-state index contributed by atoms with van der Waals surface area (Å²) < 4.78 is 5.36. The summed E-state index contributed by atoms with van der Waals surface area (Å²) in [6.07, 6.45) is 6.29. The van der Waals surface area contributed by atoms with Crippen LogP contribution >= 0.6 is 0 Å². The van der Waals surface area contributed by atoms with Crippen molar-refractivity contribution in [2.24, 2.45) is 0 Å². The minimum Gasteiger partial charge on any atom is -0.339 e. The monoisotopic (exact) mass is 355 g/mol. The molecule has 3 heterocycles. The lowest BCUT2D eigenvalue weighted by atomic mass is 9.97. The minimum atomic E-state index is -0.171. The molecule has 7 nitrogen and oxygen atoms in total. The first-order chi connectivity index (χ1) is 12.4. The molecule has 0 aromatic carbocycles. The second kappa shape index (κ2) is 6.46. The van der Waals surface area contributed by atoms with Gasteiger partial charge in [0.15, 0.2) is 5.82 Å². The molecule has 138 valence electrons. The van der Waals surface area contributed by atoms with E-state index in [1.165, 1.54) is 0 Å². The number of likely N-dealkylation sites (tertiary alicyclic amines) is 1. The fraction of sp³-hybridized carbons (Fsp3) is 0.579. The number of carbonyl (C=O) groups is 1. The largest absolute Gasteiger partial charge is 0.339 e. The number of aromatic nitrogens is 3. The Hall–Kier alpha value is -2.28. The zero-order chi connectivity index (χ0) is 18.3. The Morgan fingerprint density at radius 1 is 1.35 bits per heavy atom. The molecule has 1 N–H and O–H groups in total. The molecule has 1 aliphatic heterocycles. The first kappa shape index (κ1) is 17.1. The molecule has 1 saturated heterocycles. The highest BCUT2D eigenvalue weighted by Gasteiger charge is 2.47. The molecule has 7 heteroatoms. The van der Waals surface area contributed by atoms with Crippen LogP contribution in [0.2, 0.25) is 0 Å². The molecule has 2 aliphatic rings. The van der Waals surface area contributed by atoms with Gasteiger partial charge >= 0.3 is 0 Å². The lowest BCUT2D eigenvalue weighted by Crippen LogP contribution is -2.37. The van der Waals surface area contributed by atoms with Crippen LogP contribution in [0, 0.1) is 0 Å². The minimum absolute atomic E-state index is 0.0117. The van der Waals surface area contributed by atoms with Crippen LogP contribution in [0.15, 0.2) is 29.0 Å². The highest BCUT2D eigenvalue weighted by atomic mass is 16.5. The summed E-state index contributed by atoms with van der Waals surface area (Å²) in [5.74, 6) is 1.46. The first-order valence-electron chi connectivity index (χ1n) is 9.21. The predicted octanol–water partition coefficient (Wildman–Crippen LogP) is 2.36. The molecule has 1 amide bonds. The average Bonchev–Trinajstić information content (AvgIpc) is 3.21. The predicted molar refractivity (Wildman–Crippen MR) is 95.1 cm³/mol. The van der Waals surface area contributed by atoms with Crippen LogP contribution < -0.4 is 5.32 Å². The summed E-state index contributed by atoms with van der Waals surface area (Å²) in [4.78, 5) is 23.4. The second-order valence-electron chi connectivity index (χ2n) is 8.22. The van der Waals surface area contributed by atoms with Crippen molar-refractivity contribution < 1.29 is 9.32 Å². The topological polar surface area (TPSA) is 84.2 Å². The lowest BCUT2D eigenvalue weighted by molar-refractivity contribution is -0.129. The van der Waals surface area contributed by atoms with E-state index in [9.17, 15) is 4.79 Å². The maximum absolute atomic E-state index is 12.6. The molecular weight excluding hydrogens is 330 g/mol. The van der Waals surface area contributed by atoms with Crippen LogP contribution in [0.25, 0.3) is 0 Å². The molecule has 2 aromatic rings. The maximum atomic E-state index is 12.6. The van der Waals surface area contributed by atoms with Crippen LogP contribution in [0.5, 0.6) is 0 Å². The first-order valence-corrected chi connectivity index (χ1v) is 9.21. The van der Waals surface area contributed by atoms with Crippen molar-refractivity contribution >= 4 is 5.91 Å². The van der Waals surface area contributed by atoms with Crippen LogP contribution in [0.1, 0.15) is 63.4 Å². The molecule has 2 fully saturated rings. The normalized spacial score (nSPS) is 23.7. The van der Waals surface area contributed by atoms with Crippen molar-refractivity contribution in [2.45, 2.75) is 70.1 Å². The lowest BCUT2D eigenvalue weighted by Gasteiger charge is -2.28. The molecular formula is C19H25N5O2. The number of hydrogen-bond acceptors (Lipinski definition) is 6. The zero-order valence-corrected chi connectivity index (χ0v) is 15.5. The van der Waals surface area contributed by atoms with E-state index in [1.54, 1.807) is 6.20 Å². The van der Waals surface area contributed by atoms with E-state index in [0.29, 0.717) is 30.7 Å². The van der Waals surface area contributed by atoms with E-state index in [-0.39, 0.29) is 23.4 Å². The van der Waals surface area contributed by atoms with Gasteiger partial charge in [-0.15, -0.1) is 0 Å². The van der Waals surface area contributed by atoms with Crippen LogP contribution in [-0.4, -0.2) is 38.0 Å². The van der Waals surface area contributed by atoms with E-state index in [2.05, 4.69) is 20.4 Å². The van der Waals surface area contributed by atoms with Gasteiger partial charge in [0.25, 0.3) is 0 Å². The highest BCUT2D eigenvalue weighted by Crippen LogP contribution is 2.41. The molecule has 0 bridgehead atoms. The van der Waals surface area contributed by atoms with E-state index in [0.717, 1.165) is 18.4 Å². The summed E-state index contributed by atoms with van der Waals surface area (Å²) in [6, 6.07) is 4.38. The van der Waals surface area contributed by atoms with Gasteiger partial charge in [-0.2, -0.15) is 4.98 Å². The van der Waals surface area contributed by atoms with Gasteiger partial charge in [-0.25, -0.2) is 0 Å². The van der Waals surface area contributed by atoms with Gasteiger partial charge in [-0.1, -0.05) is 32.0 Å². The third kappa shape index (κ3) is 3.35. The Morgan fingerprint density at radius 3 is 2.77 bits per heavy atom. The molecule has 4 rings (SSSR count). The molecule has 0 spiro atoms. The van der Waals surface area contributed by atoms with Crippen molar-refractivity contribution in [3.05, 3.63) is 41.8 Å². The Bertz CT molecular complexity index is 779. The molecule has 1 aliphatic carbocycles. The molecule has 2 aromatic heterocycles. The number of rotatable bonds is 5. The fourth-order valence-electron chi connectivity index (χ4n) is 3.52. The van der Waals surface area contributed by atoms with Gasteiger partial charge in [0.1, 0.15) is 0 Å². The number of pyridine rings is 1. The van der Waals surface area contributed by atoms with Crippen molar-refractivity contribution in [3.8, 4) is 0 Å². The smallest absolute Gasteiger partial charge is 0.232 e. The quantitative estimate of drug-likeness (QED) is 0.886. The van der Waals surface area contributed by atoms with Crippen LogP contribution in [-0.2, 0) is 16.8 Å². The standard InChI is InChI=1S/C19H25N5O2/c1-19(2,3)18-22-15(23-26-18)11-21-14-9-16(25)24(13-6-7-13)17(14)12-5-4-8-20-10-12/h4-5,8,10,13-14,17,21H,6-7,9,11H2,1-3H3/t14-,17+/m1/s1. The summed E-state index contributed by atoms with van der Waals surface area (Å²) in [7, 11) is 0. The van der Waals surface area contributed by atoms with E-state index >= 15 is 0 Å². The number of nitrogens with zero attached hydrogens (tertiary/aromatic N) is 4. The van der Waals surface area contributed by atoms with Crippen LogP contribution in [0.3, 0.4) is 0 Å². The van der Waals surface area contributed by atoms with Gasteiger partial charge in [0, 0.05) is 36.3 Å². The third-order valence-corrected chi connectivity index (χ3v) is 4.96. The Kier molecular flexibility index (Phi) is 4.26. The maximum Gasteiger partial charge on any atom is 0.232 e. The summed E-state index contributed by atoms with van der Waals surface area (Å²) in [5.41, 5.74) is 0.904. The number of nitrogens with one attached hydrogen (secondary N) is 1. The summed E-state index contributed by atoms with van der Waals surface area (Å²) in [6.45, 7) is 6.60. The molecule has 0 unspecified atom stereocenters. The molecule has 2 atom stereocenters. The van der Waals surface area contributed by atoms with Crippen molar-refractivity contribution in [1.82, 2.24) is 25.3 Å². The average molecular weight is 355 g/mol. The van der Waals surface area contributed by atoms with E-state index in [4.69, 9.17) is 4.52 Å². The SMILES string of the molecule is CC(C)(C)c1nc(CN[C@@H]2CC(=O)N(C3CC3)[C@H]2c2cccnc2)no1. The number of carbonyl (C=O) groups excluding carboxylic acids is 1. The fourth-order valence-corrected chi connectivity index (χ4v) is 3.52. The molecule has 26 heavy (non-hydrogen) atoms. The zero-order valence-electron chi connectivity index (χ0n) is 15.5. The molecule has 0 radical (unpaired) electrons. The Balaban J connectivity index is 1.51. The van der Waals surface area contributed by atoms with E-state index < -0.39 is 0 Å². The summed E-state index contributed by atoms with van der Waals surface area (Å²) >= 11 is 0. The Morgan fingerprint density at radius 2 is 2.15 bits per heavy atom. The molecule has 1 saturated carbocycles. The van der Waals surface area contributed by atoms with Gasteiger partial charge < -0.3 is 14.7 Å². The third-order valence-electron chi connectivity index (χ3n) is 4.96. The van der Waals surface area contributed by atoms with Crippen molar-refractivity contribution in [3.63, 3.8) is 0 Å². The van der Waals surface area contributed by atoms with Gasteiger partial charge in [0.2, 0.25) is 11.8 Å². The second-order valence-corrected chi connectivity index (χ2v) is 8.22. The van der Waals surface area contributed by atoms with Gasteiger partial charge in [-0.3, -0.25) is 9.78 Å². The van der Waals surface area contributed by atoms with Crippen molar-refractivity contribution in [1.29, 1.82) is 0 Å². The van der Waals surface area contributed by atoms with Gasteiger partial charge in [0.05, 0.1) is 12.6 Å². The Labute approximate surface area is 153 Å². The number of hydrogen-bond donors (Lipinski definition) is 1. The highest BCUT2D eigenvalue weighted by molar-refractivity contribution is 5.81. The van der Waals surface area contributed by atoms with E-state index in [1.807, 2.05) is 44.0 Å². The van der Waals surface area contributed by atoms with Crippen molar-refractivity contribution in [2.75, 3.05) is 0 Å².